The Kier molecular flexibility index (Phi) is 6.63. The van der Waals surface area contributed by atoms with E-state index in [0.717, 1.165) is 16.8 Å². The minimum Gasteiger partial charge on any atom is -0.496 e. The van der Waals surface area contributed by atoms with Crippen molar-refractivity contribution < 1.29 is 19.1 Å². The number of benzene rings is 3. The van der Waals surface area contributed by atoms with Crippen molar-refractivity contribution in [1.82, 2.24) is 0 Å². The van der Waals surface area contributed by atoms with E-state index in [4.69, 9.17) is 10.5 Å². The molecule has 174 valence electrons. The largest absolute Gasteiger partial charge is 0.496 e. The molecule has 0 saturated carbocycles. The number of nitrogens with two attached hydrogens (primary N) is 1. The lowest BCUT2D eigenvalue weighted by molar-refractivity contribution is -0.126. The molecule has 0 radical (unpaired) electrons. The highest BCUT2D eigenvalue weighted by molar-refractivity contribution is 6.00. The second kappa shape index (κ2) is 9.79. The fourth-order valence-corrected chi connectivity index (χ4v) is 4.40. The zero-order valence-electron chi connectivity index (χ0n) is 19.2. The van der Waals surface area contributed by atoms with Crippen LogP contribution in [0.3, 0.4) is 0 Å². The van der Waals surface area contributed by atoms with Gasteiger partial charge < -0.3 is 20.7 Å². The van der Waals surface area contributed by atoms with Gasteiger partial charge in [-0.1, -0.05) is 35.9 Å². The van der Waals surface area contributed by atoms with Crippen molar-refractivity contribution in [3.05, 3.63) is 89.5 Å². The van der Waals surface area contributed by atoms with Crippen LogP contribution in [0.1, 0.15) is 40.4 Å². The Bertz CT molecular complexity index is 1210. The molecule has 1 aliphatic heterocycles. The summed E-state index contributed by atoms with van der Waals surface area (Å²) in [7, 11) is 1.58. The molecular weight excluding hydrogens is 430 g/mol. The number of nitrogens with zero attached hydrogens (tertiary/aromatic N) is 1. The normalized spacial score (nSPS) is 17.8. The number of rotatable bonds is 6. The van der Waals surface area contributed by atoms with Gasteiger partial charge in [0.15, 0.2) is 0 Å². The first-order valence-electron chi connectivity index (χ1n) is 11.1. The number of piperidine rings is 1. The van der Waals surface area contributed by atoms with Gasteiger partial charge in [-0.25, -0.2) is 0 Å². The van der Waals surface area contributed by atoms with Crippen LogP contribution in [0.15, 0.2) is 72.8 Å². The molecule has 3 aromatic rings. The van der Waals surface area contributed by atoms with Crippen LogP contribution in [0.25, 0.3) is 0 Å². The average Bonchev–Trinajstić information content (AvgIpc) is 2.84. The third kappa shape index (κ3) is 4.64. The number of amides is 3. The average molecular weight is 458 g/mol. The molecule has 3 N–H and O–H groups in total. The molecule has 1 heterocycles. The summed E-state index contributed by atoms with van der Waals surface area (Å²) in [5, 5.41) is 2.94. The third-order valence-corrected chi connectivity index (χ3v) is 6.14. The molecule has 0 bridgehead atoms. The van der Waals surface area contributed by atoms with E-state index in [-0.39, 0.29) is 18.2 Å². The van der Waals surface area contributed by atoms with Crippen LogP contribution in [0, 0.1) is 12.8 Å². The first kappa shape index (κ1) is 23.0. The number of methoxy groups -OCH3 is 1. The van der Waals surface area contributed by atoms with Crippen molar-refractivity contribution in [2.75, 3.05) is 17.3 Å². The van der Waals surface area contributed by atoms with E-state index >= 15 is 0 Å². The molecule has 0 spiro atoms. The van der Waals surface area contributed by atoms with Crippen LogP contribution in [0.5, 0.6) is 5.75 Å². The molecule has 0 aromatic heterocycles. The monoisotopic (exact) mass is 457 g/mol. The standard InChI is InChI=1S/C27H27N3O4/c1-17-7-13-20(14-8-17)30-24(31)16-15-22(25(30)21-5-3-4-6-23(21)34-2)27(33)29-19-11-9-18(10-12-19)26(28)32/h3-14,22,25H,15-16H2,1-2H3,(H2,28,32)(H,29,33). The molecule has 1 fully saturated rings. The van der Waals surface area contributed by atoms with Crippen LogP contribution in [0.2, 0.25) is 0 Å². The molecule has 0 aliphatic carbocycles. The Hall–Kier alpha value is -4.13. The summed E-state index contributed by atoms with van der Waals surface area (Å²) in [6.07, 6.45) is 0.646. The van der Waals surface area contributed by atoms with Gasteiger partial charge in [0.1, 0.15) is 5.75 Å². The molecule has 34 heavy (non-hydrogen) atoms. The van der Waals surface area contributed by atoms with E-state index in [9.17, 15) is 14.4 Å². The zero-order valence-corrected chi connectivity index (χ0v) is 19.2. The highest BCUT2D eigenvalue weighted by atomic mass is 16.5. The Balaban J connectivity index is 1.73. The summed E-state index contributed by atoms with van der Waals surface area (Å²) in [6, 6.07) is 21.0. The third-order valence-electron chi connectivity index (χ3n) is 6.14. The number of hydrogen-bond donors (Lipinski definition) is 2. The van der Waals surface area contributed by atoms with Gasteiger partial charge in [0, 0.05) is 28.9 Å². The van der Waals surface area contributed by atoms with Gasteiger partial charge in [0.25, 0.3) is 0 Å². The highest BCUT2D eigenvalue weighted by Gasteiger charge is 2.42. The van der Waals surface area contributed by atoms with Crippen molar-refractivity contribution in [2.45, 2.75) is 25.8 Å². The van der Waals surface area contributed by atoms with E-state index in [1.54, 1.807) is 36.3 Å². The smallest absolute Gasteiger partial charge is 0.248 e. The van der Waals surface area contributed by atoms with Gasteiger partial charge >= 0.3 is 0 Å². The molecule has 3 amide bonds. The molecule has 7 heteroatoms. The lowest BCUT2D eigenvalue weighted by Crippen LogP contribution is -2.47. The Morgan fingerprint density at radius 3 is 2.32 bits per heavy atom. The fourth-order valence-electron chi connectivity index (χ4n) is 4.40. The minimum atomic E-state index is -0.551. The van der Waals surface area contributed by atoms with Gasteiger partial charge in [0.05, 0.1) is 19.1 Å². The van der Waals surface area contributed by atoms with Crippen LogP contribution in [-0.2, 0) is 9.59 Å². The van der Waals surface area contributed by atoms with Gasteiger partial charge in [-0.2, -0.15) is 0 Å². The van der Waals surface area contributed by atoms with Gasteiger partial charge in [0.2, 0.25) is 17.7 Å². The molecular formula is C27H27N3O4. The lowest BCUT2D eigenvalue weighted by atomic mass is 9.82. The fraction of sp³-hybridized carbons (Fsp3) is 0.222. The summed E-state index contributed by atoms with van der Waals surface area (Å²) >= 11 is 0. The highest BCUT2D eigenvalue weighted by Crippen LogP contribution is 2.43. The molecule has 4 rings (SSSR count). The first-order valence-corrected chi connectivity index (χ1v) is 11.1. The van der Waals surface area contributed by atoms with E-state index in [1.807, 2.05) is 55.5 Å². The Morgan fingerprint density at radius 2 is 1.68 bits per heavy atom. The number of ether oxygens (including phenoxy) is 1. The Labute approximate surface area is 198 Å². The van der Waals surface area contributed by atoms with Crippen LogP contribution < -0.4 is 20.7 Å². The number of carbonyl (C=O) groups is 3. The van der Waals surface area contributed by atoms with E-state index in [1.165, 1.54) is 0 Å². The molecule has 2 unspecified atom stereocenters. The SMILES string of the molecule is COc1ccccc1C1C(C(=O)Nc2ccc(C(N)=O)cc2)CCC(=O)N1c1ccc(C)cc1. The van der Waals surface area contributed by atoms with Crippen LogP contribution >= 0.6 is 0 Å². The molecule has 1 aliphatic rings. The van der Waals surface area contributed by atoms with Gasteiger partial charge in [-0.15, -0.1) is 0 Å². The second-order valence-corrected chi connectivity index (χ2v) is 8.36. The lowest BCUT2D eigenvalue weighted by Gasteiger charge is -2.41. The van der Waals surface area contributed by atoms with E-state index in [2.05, 4.69) is 5.32 Å². The predicted molar refractivity (Wildman–Crippen MR) is 131 cm³/mol. The van der Waals surface area contributed by atoms with Crippen LogP contribution in [-0.4, -0.2) is 24.8 Å². The maximum absolute atomic E-state index is 13.5. The van der Waals surface area contributed by atoms with Crippen molar-refractivity contribution in [3.63, 3.8) is 0 Å². The molecule has 7 nitrogen and oxygen atoms in total. The number of hydrogen-bond acceptors (Lipinski definition) is 4. The predicted octanol–water partition coefficient (Wildman–Crippen LogP) is 4.23. The Morgan fingerprint density at radius 1 is 1.00 bits per heavy atom. The number of aryl methyl sites for hydroxylation is 1. The van der Waals surface area contributed by atoms with Crippen molar-refractivity contribution in [1.29, 1.82) is 0 Å². The van der Waals surface area contributed by atoms with Gasteiger partial charge in [-0.3, -0.25) is 14.4 Å². The number of para-hydroxylation sites is 1. The molecule has 2 atom stereocenters. The number of anilines is 2. The summed E-state index contributed by atoms with van der Waals surface area (Å²) in [5.41, 5.74) is 8.80. The van der Waals surface area contributed by atoms with Crippen molar-refractivity contribution in [2.24, 2.45) is 11.7 Å². The van der Waals surface area contributed by atoms with E-state index in [0.29, 0.717) is 23.4 Å². The summed E-state index contributed by atoms with van der Waals surface area (Å²) in [5.74, 6) is -0.704. The quantitative estimate of drug-likeness (QED) is 0.578. The maximum atomic E-state index is 13.5. The second-order valence-electron chi connectivity index (χ2n) is 8.36. The molecule has 3 aromatic carbocycles. The first-order chi connectivity index (χ1) is 16.4. The molecule has 1 saturated heterocycles. The van der Waals surface area contributed by atoms with Gasteiger partial charge in [-0.05, 0) is 55.8 Å². The number of primary amides is 1. The van der Waals surface area contributed by atoms with E-state index < -0.39 is 17.9 Å². The summed E-state index contributed by atoms with van der Waals surface area (Å²) in [6.45, 7) is 1.99. The summed E-state index contributed by atoms with van der Waals surface area (Å²) in [4.78, 5) is 39.8. The topological polar surface area (TPSA) is 102 Å². The maximum Gasteiger partial charge on any atom is 0.248 e. The van der Waals surface area contributed by atoms with Crippen LogP contribution in [0.4, 0.5) is 11.4 Å². The zero-order chi connectivity index (χ0) is 24.2. The minimum absolute atomic E-state index is 0.0466. The van der Waals surface area contributed by atoms with Crippen molar-refractivity contribution in [3.8, 4) is 5.75 Å². The number of carbonyl (C=O) groups excluding carboxylic acids is 3. The number of nitrogens with one attached hydrogen (secondary N) is 1. The summed E-state index contributed by atoms with van der Waals surface area (Å²) < 4.78 is 5.61. The van der Waals surface area contributed by atoms with Crippen molar-refractivity contribution >= 4 is 29.1 Å².